The quantitative estimate of drug-likeness (QED) is 0.654. The molecular weight excluding hydrogens is 386 g/mol. The Labute approximate surface area is 164 Å². The Morgan fingerprint density at radius 2 is 1.89 bits per heavy atom. The number of ether oxygens (including phenoxy) is 2. The van der Waals surface area contributed by atoms with Gasteiger partial charge in [0.05, 0.1) is 12.7 Å². The van der Waals surface area contributed by atoms with Gasteiger partial charge in [0, 0.05) is 10.9 Å². The Balaban J connectivity index is 1.69. The predicted octanol–water partition coefficient (Wildman–Crippen LogP) is 2.62. The minimum absolute atomic E-state index is 0.174. The normalized spacial score (nSPS) is 12.8. The van der Waals surface area contributed by atoms with Crippen molar-refractivity contribution in [3.05, 3.63) is 39.8 Å². The molecule has 3 rings (SSSR count). The number of esters is 2. The highest BCUT2D eigenvalue weighted by Crippen LogP contribution is 2.38. The zero-order valence-electron chi connectivity index (χ0n) is 15.1. The van der Waals surface area contributed by atoms with Gasteiger partial charge in [-0.05, 0) is 43.4 Å². The molecule has 0 atom stereocenters. The van der Waals surface area contributed by atoms with E-state index in [0.29, 0.717) is 10.6 Å². The minimum Gasteiger partial charge on any atom is -0.508 e. The Kier molecular flexibility index (Phi) is 5.84. The van der Waals surface area contributed by atoms with E-state index in [1.807, 2.05) is 0 Å². The molecule has 1 amide bonds. The van der Waals surface area contributed by atoms with Crippen LogP contribution in [-0.4, -0.2) is 41.8 Å². The monoisotopic (exact) mass is 405 g/mol. The van der Waals surface area contributed by atoms with Crippen LogP contribution in [0.5, 0.6) is 11.5 Å². The Morgan fingerprint density at radius 1 is 1.14 bits per heavy atom. The number of thiophene rings is 1. The SMILES string of the molecule is COC(=O)c1c(NC(=O)COC(=O)c2ccc(O)cc2O)sc2c1CCCC2. The van der Waals surface area contributed by atoms with Crippen molar-refractivity contribution >= 4 is 34.2 Å². The van der Waals surface area contributed by atoms with Gasteiger partial charge in [0.25, 0.3) is 5.91 Å². The van der Waals surface area contributed by atoms with Crippen LogP contribution in [-0.2, 0) is 27.1 Å². The number of hydrogen-bond donors (Lipinski definition) is 3. The summed E-state index contributed by atoms with van der Waals surface area (Å²) in [5, 5.41) is 21.9. The van der Waals surface area contributed by atoms with Gasteiger partial charge in [-0.1, -0.05) is 0 Å². The van der Waals surface area contributed by atoms with E-state index in [0.717, 1.165) is 42.2 Å². The average Bonchev–Trinajstić information content (AvgIpc) is 3.03. The molecule has 0 fully saturated rings. The predicted molar refractivity (Wildman–Crippen MR) is 101 cm³/mol. The van der Waals surface area contributed by atoms with Gasteiger partial charge >= 0.3 is 11.9 Å². The van der Waals surface area contributed by atoms with Gasteiger partial charge in [0.2, 0.25) is 0 Å². The van der Waals surface area contributed by atoms with Gasteiger partial charge in [0.15, 0.2) is 6.61 Å². The number of aryl methyl sites for hydroxylation is 1. The van der Waals surface area contributed by atoms with Crippen LogP contribution in [0, 0.1) is 0 Å². The Bertz CT molecular complexity index is 935. The van der Waals surface area contributed by atoms with E-state index in [9.17, 15) is 24.6 Å². The first-order valence-electron chi connectivity index (χ1n) is 8.62. The van der Waals surface area contributed by atoms with E-state index in [2.05, 4.69) is 5.32 Å². The molecule has 1 aromatic heterocycles. The number of rotatable bonds is 5. The molecule has 0 saturated carbocycles. The van der Waals surface area contributed by atoms with Crippen LogP contribution in [0.25, 0.3) is 0 Å². The number of methoxy groups -OCH3 is 1. The summed E-state index contributed by atoms with van der Waals surface area (Å²) in [5.74, 6) is -2.70. The van der Waals surface area contributed by atoms with Crippen molar-refractivity contribution < 1.29 is 34.1 Å². The number of aromatic hydroxyl groups is 2. The second-order valence-electron chi connectivity index (χ2n) is 6.23. The molecule has 1 heterocycles. The zero-order valence-corrected chi connectivity index (χ0v) is 15.9. The fraction of sp³-hybridized carbons (Fsp3) is 0.316. The van der Waals surface area contributed by atoms with Gasteiger partial charge in [-0.15, -0.1) is 11.3 Å². The number of hydrogen-bond acceptors (Lipinski definition) is 8. The molecule has 1 aliphatic rings. The topological polar surface area (TPSA) is 122 Å². The van der Waals surface area contributed by atoms with Crippen LogP contribution in [0.15, 0.2) is 18.2 Å². The van der Waals surface area contributed by atoms with Gasteiger partial charge in [-0.25, -0.2) is 9.59 Å². The highest BCUT2D eigenvalue weighted by atomic mass is 32.1. The van der Waals surface area contributed by atoms with E-state index in [-0.39, 0.29) is 11.3 Å². The summed E-state index contributed by atoms with van der Waals surface area (Å²) in [6.45, 7) is -0.595. The van der Waals surface area contributed by atoms with Crippen molar-refractivity contribution in [2.24, 2.45) is 0 Å². The van der Waals surface area contributed by atoms with Crippen LogP contribution in [0.3, 0.4) is 0 Å². The van der Waals surface area contributed by atoms with Gasteiger partial charge in [-0.2, -0.15) is 0 Å². The Morgan fingerprint density at radius 3 is 2.61 bits per heavy atom. The molecule has 28 heavy (non-hydrogen) atoms. The van der Waals surface area contributed by atoms with E-state index in [1.54, 1.807) is 0 Å². The second kappa shape index (κ2) is 8.30. The lowest BCUT2D eigenvalue weighted by Gasteiger charge is -2.11. The molecule has 1 aromatic carbocycles. The van der Waals surface area contributed by atoms with Crippen molar-refractivity contribution in [3.8, 4) is 11.5 Å². The first-order chi connectivity index (χ1) is 13.4. The summed E-state index contributed by atoms with van der Waals surface area (Å²) in [6.07, 6.45) is 3.58. The fourth-order valence-electron chi connectivity index (χ4n) is 3.04. The molecule has 0 saturated heterocycles. The molecule has 3 N–H and O–H groups in total. The highest BCUT2D eigenvalue weighted by Gasteiger charge is 2.27. The third-order valence-corrected chi connectivity index (χ3v) is 5.56. The third-order valence-electron chi connectivity index (χ3n) is 4.35. The molecule has 1 aliphatic carbocycles. The van der Waals surface area contributed by atoms with Gasteiger partial charge in [0.1, 0.15) is 22.1 Å². The number of carbonyl (C=O) groups excluding carboxylic acids is 3. The number of amides is 1. The number of phenolic OH excluding ortho intramolecular Hbond substituents is 2. The largest absolute Gasteiger partial charge is 0.508 e. The van der Waals surface area contributed by atoms with E-state index >= 15 is 0 Å². The molecule has 0 bridgehead atoms. The molecule has 2 aromatic rings. The highest BCUT2D eigenvalue weighted by molar-refractivity contribution is 7.17. The van der Waals surface area contributed by atoms with Crippen LogP contribution in [0.2, 0.25) is 0 Å². The van der Waals surface area contributed by atoms with Crippen molar-refractivity contribution in [2.75, 3.05) is 19.0 Å². The maximum Gasteiger partial charge on any atom is 0.342 e. The maximum absolute atomic E-state index is 12.2. The van der Waals surface area contributed by atoms with Crippen molar-refractivity contribution in [3.63, 3.8) is 0 Å². The third kappa shape index (κ3) is 4.09. The molecular formula is C19H19NO7S. The van der Waals surface area contributed by atoms with Crippen LogP contribution >= 0.6 is 11.3 Å². The van der Waals surface area contributed by atoms with Crippen LogP contribution in [0.4, 0.5) is 5.00 Å². The molecule has 9 heteroatoms. The minimum atomic E-state index is -0.911. The summed E-state index contributed by atoms with van der Waals surface area (Å²) in [6, 6.07) is 3.40. The summed E-state index contributed by atoms with van der Waals surface area (Å²) in [5.41, 5.74) is 1.09. The molecule has 0 aliphatic heterocycles. The second-order valence-corrected chi connectivity index (χ2v) is 7.34. The van der Waals surface area contributed by atoms with Crippen molar-refractivity contribution in [1.82, 2.24) is 0 Å². The molecule has 0 spiro atoms. The first-order valence-corrected chi connectivity index (χ1v) is 9.44. The fourth-order valence-corrected chi connectivity index (χ4v) is 4.33. The number of benzene rings is 1. The van der Waals surface area contributed by atoms with Crippen molar-refractivity contribution in [2.45, 2.75) is 25.7 Å². The maximum atomic E-state index is 12.2. The number of phenols is 2. The van der Waals surface area contributed by atoms with Gasteiger partial charge in [-0.3, -0.25) is 4.79 Å². The standard InChI is InChI=1S/C19H19NO7S/c1-26-19(25)16-12-4-2-3-5-14(12)28-17(16)20-15(23)9-27-18(24)11-7-6-10(21)8-13(11)22/h6-8,21-22H,2-5,9H2,1H3,(H,20,23). The molecule has 0 radical (unpaired) electrons. The lowest BCUT2D eigenvalue weighted by atomic mass is 9.95. The molecule has 8 nitrogen and oxygen atoms in total. The number of anilines is 1. The van der Waals surface area contributed by atoms with E-state index in [4.69, 9.17) is 9.47 Å². The van der Waals surface area contributed by atoms with Crippen LogP contribution < -0.4 is 5.32 Å². The van der Waals surface area contributed by atoms with Crippen LogP contribution in [0.1, 0.15) is 44.0 Å². The van der Waals surface area contributed by atoms with E-state index < -0.39 is 30.2 Å². The smallest absolute Gasteiger partial charge is 0.342 e. The first kappa shape index (κ1) is 19.7. The Hall–Kier alpha value is -3.07. The summed E-state index contributed by atoms with van der Waals surface area (Å²) >= 11 is 1.33. The molecule has 0 unspecified atom stereocenters. The summed E-state index contributed by atoms with van der Waals surface area (Å²) in [4.78, 5) is 37.4. The lowest BCUT2D eigenvalue weighted by molar-refractivity contribution is -0.119. The van der Waals surface area contributed by atoms with Gasteiger partial charge < -0.3 is 25.0 Å². The number of carbonyl (C=O) groups is 3. The number of nitrogens with one attached hydrogen (secondary N) is 1. The zero-order chi connectivity index (χ0) is 20.3. The van der Waals surface area contributed by atoms with Crippen molar-refractivity contribution in [1.29, 1.82) is 0 Å². The summed E-state index contributed by atoms with van der Waals surface area (Å²) < 4.78 is 9.75. The lowest BCUT2D eigenvalue weighted by Crippen LogP contribution is -2.21. The summed E-state index contributed by atoms with van der Waals surface area (Å²) in [7, 11) is 1.28. The average molecular weight is 405 g/mol. The number of fused-ring (bicyclic) bond motifs is 1. The molecule has 148 valence electrons. The van der Waals surface area contributed by atoms with E-state index in [1.165, 1.54) is 30.6 Å².